The Hall–Kier alpha value is -0.200. The summed E-state index contributed by atoms with van der Waals surface area (Å²) in [6.07, 6.45) is 1.82. The Morgan fingerprint density at radius 3 is 2.83 bits per heavy atom. The van der Waals surface area contributed by atoms with Gasteiger partial charge in [-0.05, 0) is 38.5 Å². The predicted octanol–water partition coefficient (Wildman–Crippen LogP) is 1.57. The Labute approximate surface area is 109 Å². The van der Waals surface area contributed by atoms with Crippen molar-refractivity contribution >= 4 is 10.0 Å². The van der Waals surface area contributed by atoms with Crippen LogP contribution in [0.1, 0.15) is 32.6 Å². The summed E-state index contributed by atoms with van der Waals surface area (Å²) >= 11 is 0. The first-order valence-corrected chi connectivity index (χ1v) is 8.32. The van der Waals surface area contributed by atoms with Crippen LogP contribution in [0.3, 0.4) is 0 Å². The van der Waals surface area contributed by atoms with E-state index >= 15 is 0 Å². The maximum atomic E-state index is 13.3. The summed E-state index contributed by atoms with van der Waals surface area (Å²) < 4.78 is 44.5. The van der Waals surface area contributed by atoms with Gasteiger partial charge in [0.2, 0.25) is 10.0 Å². The molecule has 4 nitrogen and oxygen atoms in total. The van der Waals surface area contributed by atoms with Crippen LogP contribution in [0.15, 0.2) is 0 Å². The quantitative estimate of drug-likeness (QED) is 0.788. The molecule has 0 bridgehead atoms. The molecule has 2 aliphatic heterocycles. The highest BCUT2D eigenvalue weighted by Gasteiger charge is 2.32. The molecule has 0 aromatic carbocycles. The van der Waals surface area contributed by atoms with Crippen LogP contribution >= 0.6 is 0 Å². The molecule has 3 unspecified atom stereocenters. The van der Waals surface area contributed by atoms with Gasteiger partial charge in [0.05, 0.1) is 11.9 Å². The zero-order valence-electron chi connectivity index (χ0n) is 10.8. The Morgan fingerprint density at radius 2 is 2.17 bits per heavy atom. The average Bonchev–Trinajstić information content (AvgIpc) is 2.28. The summed E-state index contributed by atoms with van der Waals surface area (Å²) in [6.45, 7) is 3.12. The molecule has 2 heterocycles. The number of nitrogens with zero attached hydrogens (tertiary/aromatic N) is 1. The fourth-order valence-electron chi connectivity index (χ4n) is 2.79. The molecule has 0 amide bonds. The maximum Gasteiger partial charge on any atom is 0.214 e. The zero-order chi connectivity index (χ0) is 13.2. The monoisotopic (exact) mass is 279 g/mol. The van der Waals surface area contributed by atoms with Gasteiger partial charge in [-0.2, -0.15) is 4.31 Å². The maximum absolute atomic E-state index is 13.3. The third kappa shape index (κ3) is 3.65. The minimum atomic E-state index is -3.30. The number of alkyl halides is 1. The Balaban J connectivity index is 1.93. The smallest absolute Gasteiger partial charge is 0.214 e. The molecule has 0 N–H and O–H groups in total. The second-order valence-electron chi connectivity index (χ2n) is 5.45. The van der Waals surface area contributed by atoms with Gasteiger partial charge in [-0.1, -0.05) is 0 Å². The number of hydrogen-bond acceptors (Lipinski definition) is 3. The van der Waals surface area contributed by atoms with Crippen molar-refractivity contribution in [3.63, 3.8) is 0 Å². The zero-order valence-corrected chi connectivity index (χ0v) is 11.7. The van der Waals surface area contributed by atoms with E-state index in [1.54, 1.807) is 0 Å². The highest BCUT2D eigenvalue weighted by Crippen LogP contribution is 2.24. The summed E-state index contributed by atoms with van der Waals surface area (Å²) in [5, 5.41) is 0. The minimum Gasteiger partial charge on any atom is -0.378 e. The van der Waals surface area contributed by atoms with Gasteiger partial charge in [0.1, 0.15) is 6.17 Å². The largest absolute Gasteiger partial charge is 0.378 e. The third-order valence-corrected chi connectivity index (χ3v) is 5.77. The third-order valence-electron chi connectivity index (χ3n) is 3.76. The van der Waals surface area contributed by atoms with Crippen LogP contribution in [0.4, 0.5) is 4.39 Å². The van der Waals surface area contributed by atoms with E-state index in [4.69, 9.17) is 4.74 Å². The van der Waals surface area contributed by atoms with Crippen molar-refractivity contribution in [1.82, 2.24) is 4.31 Å². The van der Waals surface area contributed by atoms with Gasteiger partial charge in [-0.25, -0.2) is 12.8 Å². The normalized spacial score (nSPS) is 35.6. The Kier molecular flexibility index (Phi) is 4.61. The van der Waals surface area contributed by atoms with Gasteiger partial charge in [0.15, 0.2) is 0 Å². The van der Waals surface area contributed by atoms with Crippen LogP contribution in [0.5, 0.6) is 0 Å². The lowest BCUT2D eigenvalue weighted by molar-refractivity contribution is 0.00725. The lowest BCUT2D eigenvalue weighted by atomic mass is 9.98. The van der Waals surface area contributed by atoms with E-state index in [0.717, 1.165) is 12.8 Å². The van der Waals surface area contributed by atoms with Crippen LogP contribution in [0.25, 0.3) is 0 Å². The van der Waals surface area contributed by atoms with Gasteiger partial charge >= 0.3 is 0 Å². The topological polar surface area (TPSA) is 46.6 Å². The van der Waals surface area contributed by atoms with E-state index in [1.165, 1.54) is 4.31 Å². The molecule has 2 saturated heterocycles. The molecular formula is C12H22FNO3S. The molecular weight excluding hydrogens is 257 g/mol. The first-order chi connectivity index (χ1) is 8.47. The van der Waals surface area contributed by atoms with Crippen LogP contribution in [0.2, 0.25) is 0 Å². The number of hydrogen-bond donors (Lipinski definition) is 0. The molecule has 6 heteroatoms. The van der Waals surface area contributed by atoms with Crippen molar-refractivity contribution in [3.05, 3.63) is 0 Å². The van der Waals surface area contributed by atoms with Crippen LogP contribution in [-0.4, -0.2) is 50.4 Å². The number of piperidine rings is 1. The van der Waals surface area contributed by atoms with E-state index < -0.39 is 16.2 Å². The van der Waals surface area contributed by atoms with Crippen molar-refractivity contribution in [2.75, 3.05) is 25.4 Å². The van der Waals surface area contributed by atoms with Crippen LogP contribution < -0.4 is 0 Å². The standard InChI is InChI=1S/C12H22FNO3S/c1-10-7-11(4-6-17-10)9-18(15,16)14-5-2-3-12(13)8-14/h10-12H,2-9H2,1H3. The molecule has 2 fully saturated rings. The number of halogens is 1. The van der Waals surface area contributed by atoms with Gasteiger partial charge < -0.3 is 4.74 Å². The highest BCUT2D eigenvalue weighted by molar-refractivity contribution is 7.89. The highest BCUT2D eigenvalue weighted by atomic mass is 32.2. The molecule has 3 atom stereocenters. The second kappa shape index (κ2) is 5.84. The van der Waals surface area contributed by atoms with E-state index in [-0.39, 0.29) is 24.3 Å². The Bertz CT molecular complexity index is 374. The molecule has 106 valence electrons. The first-order valence-electron chi connectivity index (χ1n) is 6.71. The fraction of sp³-hybridized carbons (Fsp3) is 1.00. The van der Waals surface area contributed by atoms with E-state index in [1.807, 2.05) is 6.92 Å². The van der Waals surface area contributed by atoms with E-state index in [9.17, 15) is 12.8 Å². The SMILES string of the molecule is CC1CC(CS(=O)(=O)N2CCCC(F)C2)CCO1. The van der Waals surface area contributed by atoms with Crippen molar-refractivity contribution < 1.29 is 17.5 Å². The molecule has 0 aliphatic carbocycles. The second-order valence-corrected chi connectivity index (χ2v) is 7.46. The van der Waals surface area contributed by atoms with Gasteiger partial charge in [0, 0.05) is 19.7 Å². The summed E-state index contributed by atoms with van der Waals surface area (Å²) in [5.41, 5.74) is 0. The fourth-order valence-corrected chi connectivity index (χ4v) is 4.70. The van der Waals surface area contributed by atoms with Gasteiger partial charge in [0.25, 0.3) is 0 Å². The molecule has 2 rings (SSSR count). The lowest BCUT2D eigenvalue weighted by Crippen LogP contribution is -2.43. The molecule has 0 aromatic rings. The molecule has 0 radical (unpaired) electrons. The molecule has 18 heavy (non-hydrogen) atoms. The average molecular weight is 279 g/mol. The van der Waals surface area contributed by atoms with E-state index in [2.05, 4.69) is 0 Å². The van der Waals surface area contributed by atoms with E-state index in [0.29, 0.717) is 26.0 Å². The summed E-state index contributed by atoms with van der Waals surface area (Å²) in [4.78, 5) is 0. The van der Waals surface area contributed by atoms with Crippen molar-refractivity contribution in [1.29, 1.82) is 0 Å². The van der Waals surface area contributed by atoms with Crippen molar-refractivity contribution in [3.8, 4) is 0 Å². The first kappa shape index (κ1) is 14.2. The molecule has 0 aromatic heterocycles. The van der Waals surface area contributed by atoms with Gasteiger partial charge in [-0.3, -0.25) is 0 Å². The summed E-state index contributed by atoms with van der Waals surface area (Å²) in [5.74, 6) is 0.298. The molecule has 2 aliphatic rings. The molecule has 0 saturated carbocycles. The summed E-state index contributed by atoms with van der Waals surface area (Å²) in [6, 6.07) is 0. The minimum absolute atomic E-state index is 0.0428. The lowest BCUT2D eigenvalue weighted by Gasteiger charge is -2.32. The molecule has 0 spiro atoms. The van der Waals surface area contributed by atoms with Crippen molar-refractivity contribution in [2.45, 2.75) is 44.9 Å². The predicted molar refractivity (Wildman–Crippen MR) is 67.6 cm³/mol. The van der Waals surface area contributed by atoms with Crippen LogP contribution in [-0.2, 0) is 14.8 Å². The summed E-state index contributed by atoms with van der Waals surface area (Å²) in [7, 11) is -3.30. The van der Waals surface area contributed by atoms with Crippen LogP contribution in [0, 0.1) is 5.92 Å². The number of ether oxygens (including phenoxy) is 1. The number of rotatable bonds is 3. The Morgan fingerprint density at radius 1 is 1.39 bits per heavy atom. The van der Waals surface area contributed by atoms with Gasteiger partial charge in [-0.15, -0.1) is 0 Å². The number of sulfonamides is 1. The van der Waals surface area contributed by atoms with Crippen molar-refractivity contribution in [2.24, 2.45) is 5.92 Å².